The van der Waals surface area contributed by atoms with Gasteiger partial charge in [-0.05, 0) is 141 Å². The third-order valence-electron chi connectivity index (χ3n) is 12.1. The molecule has 0 aliphatic heterocycles. The molecule has 0 aliphatic carbocycles. The van der Waals surface area contributed by atoms with E-state index in [1.54, 1.807) is 0 Å². The van der Waals surface area contributed by atoms with Gasteiger partial charge in [-0.1, -0.05) is 234 Å². The highest BCUT2D eigenvalue weighted by Gasteiger charge is 2.27. The molecular weight excluding hydrogens is 1040 g/mol. The highest BCUT2D eigenvalue weighted by atomic mass is 31.2. The van der Waals surface area contributed by atoms with E-state index < -0.39 is 32.5 Å². The fraction of sp³-hybridized carbons (Fsp3) is 0.528. The van der Waals surface area contributed by atoms with E-state index in [2.05, 4.69) is 208 Å². The number of phosphoric acid groups is 1. The number of rotatable bonds is 54. The number of nitrogens with zero attached hydrogens (tertiary/aromatic N) is 1. The quantitative estimate of drug-likeness (QED) is 0.0211. The molecule has 458 valence electrons. The van der Waals surface area contributed by atoms with Crippen molar-refractivity contribution in [2.45, 2.75) is 200 Å². The van der Waals surface area contributed by atoms with E-state index in [1.807, 2.05) is 21.1 Å². The lowest BCUT2D eigenvalue weighted by molar-refractivity contribution is -0.870. The molecule has 0 fully saturated rings. The first-order chi connectivity index (χ1) is 40.0. The van der Waals surface area contributed by atoms with Crippen LogP contribution in [0.3, 0.4) is 0 Å². The van der Waals surface area contributed by atoms with Gasteiger partial charge < -0.3 is 18.9 Å². The van der Waals surface area contributed by atoms with Gasteiger partial charge in [0.05, 0.1) is 27.7 Å². The summed E-state index contributed by atoms with van der Waals surface area (Å²) in [6.45, 7) is 4.10. The Morgan fingerprint density at radius 2 is 0.659 bits per heavy atom. The lowest BCUT2D eigenvalue weighted by Crippen LogP contribution is -2.37. The summed E-state index contributed by atoms with van der Waals surface area (Å²) in [4.78, 5) is 35.8. The van der Waals surface area contributed by atoms with Crippen LogP contribution in [0.2, 0.25) is 0 Å². The molecule has 0 heterocycles. The van der Waals surface area contributed by atoms with E-state index in [4.69, 9.17) is 18.5 Å². The topological polar surface area (TPSA) is 108 Å². The Labute approximate surface area is 501 Å². The summed E-state index contributed by atoms with van der Waals surface area (Å²) in [5.74, 6) is -0.878. The molecule has 0 aromatic carbocycles. The van der Waals surface area contributed by atoms with Crippen LogP contribution in [0, 0.1) is 0 Å². The van der Waals surface area contributed by atoms with Crippen LogP contribution in [-0.4, -0.2) is 74.9 Å². The van der Waals surface area contributed by atoms with Crippen LogP contribution in [0.5, 0.6) is 0 Å². The number of hydrogen-bond acceptors (Lipinski definition) is 7. The summed E-state index contributed by atoms with van der Waals surface area (Å²) in [6, 6.07) is 0. The number of phosphoric ester groups is 1. The monoisotopic (exact) mass is 1150 g/mol. The maximum atomic E-state index is 12.8. The van der Waals surface area contributed by atoms with Crippen LogP contribution in [0.15, 0.2) is 194 Å². The zero-order chi connectivity index (χ0) is 59.8. The van der Waals surface area contributed by atoms with Crippen molar-refractivity contribution in [1.29, 1.82) is 0 Å². The minimum atomic E-state index is -4.42. The van der Waals surface area contributed by atoms with Crippen molar-refractivity contribution in [3.8, 4) is 0 Å². The Morgan fingerprint density at radius 1 is 0.378 bits per heavy atom. The molecule has 9 nitrogen and oxygen atoms in total. The van der Waals surface area contributed by atoms with Crippen LogP contribution in [-0.2, 0) is 32.7 Å². The van der Waals surface area contributed by atoms with Crippen LogP contribution < -0.4 is 0 Å². The standard InChI is InChI=1S/C72H112NO8P/c1-6-8-10-12-14-16-18-20-22-24-26-28-30-32-33-34-35-36-37-38-39-41-43-45-47-49-51-53-55-57-59-61-63-65-72(75)81-70(69-80-82(76,77)79-67-66-73(3,4)5)68-78-71(74)64-62-60-58-56-54-52-50-48-46-44-42-40-31-29-27-25-23-21-19-17-15-13-11-9-7-2/h8-11,14-17,20-23,26-29,32-33,35-36,38-40,42-43,45-46,48-49,51-52,54,70H,6-7,12-13,18-19,24-25,30-31,34,37,41,44,47,50,53,55-69H2,1-5H3/p+1/b10-8-,11-9-,16-14-,17-15-,22-20-,23-21-,28-26-,29-27-,33-32-,36-35-,39-38-,42-40-,45-43-,48-46-,51-49-,54-52-. The molecule has 0 aromatic heterocycles. The smallest absolute Gasteiger partial charge is 0.462 e. The number of hydrogen-bond donors (Lipinski definition) is 1. The third kappa shape index (κ3) is 64.0. The Morgan fingerprint density at radius 3 is 0.988 bits per heavy atom. The molecule has 0 saturated carbocycles. The maximum Gasteiger partial charge on any atom is 0.472 e. The van der Waals surface area contributed by atoms with Crippen molar-refractivity contribution in [3.05, 3.63) is 194 Å². The van der Waals surface area contributed by atoms with Gasteiger partial charge in [-0.3, -0.25) is 18.6 Å². The van der Waals surface area contributed by atoms with Crippen molar-refractivity contribution in [3.63, 3.8) is 0 Å². The predicted molar refractivity (Wildman–Crippen MR) is 352 cm³/mol. The zero-order valence-electron chi connectivity index (χ0n) is 51.9. The van der Waals surface area contributed by atoms with Gasteiger partial charge >= 0.3 is 19.8 Å². The number of likely N-dealkylation sites (N-methyl/N-ethyl adjacent to an activating group) is 1. The summed E-state index contributed by atoms with van der Waals surface area (Å²) in [5.41, 5.74) is 0. The second-order valence-electron chi connectivity index (χ2n) is 21.0. The van der Waals surface area contributed by atoms with Gasteiger partial charge in [0.2, 0.25) is 0 Å². The zero-order valence-corrected chi connectivity index (χ0v) is 52.8. The fourth-order valence-electron chi connectivity index (χ4n) is 7.40. The van der Waals surface area contributed by atoms with Crippen LogP contribution in [0.4, 0.5) is 0 Å². The SMILES string of the molecule is CC/C=C\C/C=C\C/C=C\C/C=C\C/C=C\C/C=C\C/C=C\C/C=C\C/C=C\CCCCCCCC(=O)OC(COC(=O)CCCCC/C=C\C/C=C\C/C=C\C/C=C\C/C=C\C/C=C\C/C=C\CC)COP(=O)(O)OCC[N+](C)(C)C. The van der Waals surface area contributed by atoms with Crippen LogP contribution in [0.1, 0.15) is 194 Å². The fourth-order valence-corrected chi connectivity index (χ4v) is 8.14. The minimum Gasteiger partial charge on any atom is -0.462 e. The molecule has 1 N–H and O–H groups in total. The first kappa shape index (κ1) is 76.9. The average Bonchev–Trinajstić information content (AvgIpc) is 3.46. The molecule has 2 unspecified atom stereocenters. The van der Waals surface area contributed by atoms with E-state index in [0.29, 0.717) is 23.9 Å². The number of esters is 2. The van der Waals surface area contributed by atoms with Crippen molar-refractivity contribution in [2.75, 3.05) is 47.5 Å². The second-order valence-corrected chi connectivity index (χ2v) is 22.4. The van der Waals surface area contributed by atoms with E-state index in [1.165, 1.54) is 0 Å². The lowest BCUT2D eigenvalue weighted by Gasteiger charge is -2.24. The van der Waals surface area contributed by atoms with Crippen molar-refractivity contribution < 1.29 is 42.1 Å². The second kappa shape index (κ2) is 60.4. The number of unbranched alkanes of at least 4 members (excludes halogenated alkanes) is 8. The minimum absolute atomic E-state index is 0.00929. The molecule has 0 spiro atoms. The van der Waals surface area contributed by atoms with Crippen molar-refractivity contribution in [2.24, 2.45) is 0 Å². The van der Waals surface area contributed by atoms with E-state index in [0.717, 1.165) is 154 Å². The first-order valence-corrected chi connectivity index (χ1v) is 32.7. The normalized spacial score (nSPS) is 14.6. The van der Waals surface area contributed by atoms with Crippen molar-refractivity contribution >= 4 is 19.8 Å². The third-order valence-corrected chi connectivity index (χ3v) is 13.1. The van der Waals surface area contributed by atoms with Gasteiger partial charge in [0.1, 0.15) is 19.8 Å². The van der Waals surface area contributed by atoms with Gasteiger partial charge in [-0.2, -0.15) is 0 Å². The van der Waals surface area contributed by atoms with Gasteiger partial charge in [-0.15, -0.1) is 0 Å². The maximum absolute atomic E-state index is 12.8. The Balaban J connectivity index is 4.32. The van der Waals surface area contributed by atoms with E-state index >= 15 is 0 Å². The number of carbonyl (C=O) groups excluding carboxylic acids is 2. The number of allylic oxidation sites excluding steroid dienone is 32. The molecule has 0 amide bonds. The average molecular weight is 1150 g/mol. The Bertz CT molecular complexity index is 2080. The molecule has 0 radical (unpaired) electrons. The molecule has 0 rings (SSSR count). The molecule has 0 aliphatic rings. The number of ether oxygens (including phenoxy) is 2. The highest BCUT2D eigenvalue weighted by Crippen LogP contribution is 2.43. The van der Waals surface area contributed by atoms with Crippen LogP contribution in [0.25, 0.3) is 0 Å². The highest BCUT2D eigenvalue weighted by molar-refractivity contribution is 7.47. The molecule has 82 heavy (non-hydrogen) atoms. The summed E-state index contributed by atoms with van der Waals surface area (Å²) < 4.78 is 34.5. The van der Waals surface area contributed by atoms with Gasteiger partial charge in [0.25, 0.3) is 0 Å². The van der Waals surface area contributed by atoms with Gasteiger partial charge in [0, 0.05) is 12.8 Å². The summed E-state index contributed by atoms with van der Waals surface area (Å²) in [7, 11) is 1.41. The summed E-state index contributed by atoms with van der Waals surface area (Å²) in [6.07, 6.45) is 95.0. The van der Waals surface area contributed by atoms with E-state index in [9.17, 15) is 19.0 Å². The molecule has 0 saturated heterocycles. The number of quaternary nitrogens is 1. The molecule has 0 aromatic rings. The largest absolute Gasteiger partial charge is 0.472 e. The molecule has 2 atom stereocenters. The van der Waals surface area contributed by atoms with E-state index in [-0.39, 0.29) is 26.1 Å². The Hall–Kier alpha value is -5.15. The van der Waals surface area contributed by atoms with Gasteiger partial charge in [0.15, 0.2) is 6.10 Å². The lowest BCUT2D eigenvalue weighted by atomic mass is 10.1. The molecule has 0 bridgehead atoms. The van der Waals surface area contributed by atoms with Gasteiger partial charge in [-0.25, -0.2) is 4.57 Å². The Kier molecular flexibility index (Phi) is 56.6. The van der Waals surface area contributed by atoms with Crippen LogP contribution >= 0.6 is 7.82 Å². The predicted octanol–water partition coefficient (Wildman–Crippen LogP) is 20.1. The molecule has 10 heteroatoms. The summed E-state index contributed by atoms with van der Waals surface area (Å²) >= 11 is 0. The van der Waals surface area contributed by atoms with Crippen molar-refractivity contribution in [1.82, 2.24) is 0 Å². The molecular formula is C72H113NO8P+. The number of carbonyl (C=O) groups is 2. The summed E-state index contributed by atoms with van der Waals surface area (Å²) in [5, 5.41) is 0. The first-order valence-electron chi connectivity index (χ1n) is 31.2.